The lowest BCUT2D eigenvalue weighted by Gasteiger charge is -2.16. The summed E-state index contributed by atoms with van der Waals surface area (Å²) in [5.41, 5.74) is 6.19. The van der Waals surface area contributed by atoms with Gasteiger partial charge in [0.05, 0.1) is 0 Å². The van der Waals surface area contributed by atoms with Crippen molar-refractivity contribution in [3.8, 4) is 0 Å². The van der Waals surface area contributed by atoms with E-state index in [2.05, 4.69) is 17.5 Å². The Labute approximate surface area is 117 Å². The molecular formula is C13H16N2O3S. The third-order valence-electron chi connectivity index (χ3n) is 2.30. The highest BCUT2D eigenvalue weighted by molar-refractivity contribution is 7.80. The fraction of sp³-hybridized carbons (Fsp3) is 0.308. The first-order valence-corrected chi connectivity index (χ1v) is 6.16. The highest BCUT2D eigenvalue weighted by Crippen LogP contribution is 2.04. The van der Waals surface area contributed by atoms with Crippen LogP contribution in [0.4, 0.5) is 0 Å². The zero-order valence-electron chi connectivity index (χ0n) is 10.6. The molecule has 0 unspecified atom stereocenters. The average molecular weight is 280 g/mol. The van der Waals surface area contributed by atoms with Gasteiger partial charge in [-0.05, 0) is 5.56 Å². The molecule has 0 radical (unpaired) electrons. The van der Waals surface area contributed by atoms with E-state index in [4.69, 9.17) is 10.5 Å². The van der Waals surface area contributed by atoms with E-state index in [1.54, 1.807) is 0 Å². The van der Waals surface area contributed by atoms with Crippen LogP contribution in [0.5, 0.6) is 0 Å². The molecule has 102 valence electrons. The quantitative estimate of drug-likeness (QED) is 0.588. The Bertz CT molecular complexity index is 462. The minimum Gasteiger partial charge on any atom is -0.457 e. The Hall–Kier alpha value is -1.95. The molecule has 3 N–H and O–H groups in total. The molecule has 19 heavy (non-hydrogen) atoms. The second kappa shape index (κ2) is 7.48. The van der Waals surface area contributed by atoms with Crippen molar-refractivity contribution in [2.75, 3.05) is 6.61 Å². The first-order valence-electron chi connectivity index (χ1n) is 5.75. The second-order valence-electron chi connectivity index (χ2n) is 4.02. The zero-order valence-corrected chi connectivity index (χ0v) is 11.4. The van der Waals surface area contributed by atoms with Crippen LogP contribution in [0.2, 0.25) is 0 Å². The molecule has 0 spiro atoms. The van der Waals surface area contributed by atoms with E-state index in [0.29, 0.717) is 6.42 Å². The standard InChI is InChI=1S/C13H16N2O3S/c1-9(16)15-11(13(17)18-8-12(14)19)7-10-5-3-2-4-6-10/h2-6,11H,7-8H2,1H3,(H2,14,19)(H,15,16)/t11-/m1/s1. The summed E-state index contributed by atoms with van der Waals surface area (Å²) in [5, 5.41) is 2.55. The molecule has 0 saturated carbocycles. The number of nitrogens with one attached hydrogen (secondary N) is 1. The molecule has 0 heterocycles. The van der Waals surface area contributed by atoms with E-state index < -0.39 is 12.0 Å². The number of hydrogen-bond acceptors (Lipinski definition) is 4. The molecule has 0 aliphatic carbocycles. The minimum atomic E-state index is -0.741. The first kappa shape index (κ1) is 15.1. The van der Waals surface area contributed by atoms with Gasteiger partial charge >= 0.3 is 5.97 Å². The van der Waals surface area contributed by atoms with Crippen LogP contribution in [0.1, 0.15) is 12.5 Å². The fourth-order valence-corrected chi connectivity index (χ4v) is 1.59. The molecule has 1 atom stereocenters. The molecule has 0 aliphatic heterocycles. The number of hydrogen-bond donors (Lipinski definition) is 2. The zero-order chi connectivity index (χ0) is 14.3. The predicted molar refractivity (Wildman–Crippen MR) is 75.5 cm³/mol. The summed E-state index contributed by atoms with van der Waals surface area (Å²) in [6, 6.07) is 8.60. The summed E-state index contributed by atoms with van der Waals surface area (Å²) in [5.74, 6) is -0.847. The third-order valence-corrected chi connectivity index (χ3v) is 2.42. The summed E-state index contributed by atoms with van der Waals surface area (Å²) >= 11 is 4.63. The van der Waals surface area contributed by atoms with Crippen molar-refractivity contribution in [1.82, 2.24) is 5.32 Å². The number of carbonyl (C=O) groups is 2. The predicted octanol–water partition coefficient (Wildman–Crippen LogP) is 0.563. The number of nitrogens with two attached hydrogens (primary N) is 1. The molecule has 0 saturated heterocycles. The van der Waals surface area contributed by atoms with Gasteiger partial charge in [-0.1, -0.05) is 42.5 Å². The molecule has 6 heteroatoms. The van der Waals surface area contributed by atoms with Crippen molar-refractivity contribution < 1.29 is 14.3 Å². The number of benzene rings is 1. The lowest BCUT2D eigenvalue weighted by Crippen LogP contribution is -2.43. The lowest BCUT2D eigenvalue weighted by molar-refractivity contribution is -0.146. The Morgan fingerprint density at radius 2 is 2.00 bits per heavy atom. The number of ether oxygens (including phenoxy) is 1. The molecule has 0 aromatic heterocycles. The van der Waals surface area contributed by atoms with Gasteiger partial charge in [-0.15, -0.1) is 0 Å². The van der Waals surface area contributed by atoms with E-state index >= 15 is 0 Å². The van der Waals surface area contributed by atoms with Crippen LogP contribution in [0.25, 0.3) is 0 Å². The van der Waals surface area contributed by atoms with Gasteiger partial charge in [0.2, 0.25) is 5.91 Å². The molecule has 5 nitrogen and oxygen atoms in total. The van der Waals surface area contributed by atoms with Gasteiger partial charge < -0.3 is 15.8 Å². The SMILES string of the molecule is CC(=O)N[C@H](Cc1ccccc1)C(=O)OCC(N)=S. The second-order valence-corrected chi connectivity index (χ2v) is 4.54. The van der Waals surface area contributed by atoms with Gasteiger partial charge in [0.15, 0.2) is 0 Å². The van der Waals surface area contributed by atoms with Crippen molar-refractivity contribution in [1.29, 1.82) is 0 Å². The fourth-order valence-electron chi connectivity index (χ4n) is 1.53. The maximum Gasteiger partial charge on any atom is 0.329 e. The van der Waals surface area contributed by atoms with Crippen molar-refractivity contribution in [3.05, 3.63) is 35.9 Å². The highest BCUT2D eigenvalue weighted by atomic mass is 32.1. The van der Waals surface area contributed by atoms with Crippen molar-refractivity contribution in [2.45, 2.75) is 19.4 Å². The molecule has 0 fully saturated rings. The monoisotopic (exact) mass is 280 g/mol. The van der Waals surface area contributed by atoms with Crippen LogP contribution < -0.4 is 11.1 Å². The molecular weight excluding hydrogens is 264 g/mol. The number of carbonyl (C=O) groups excluding carboxylic acids is 2. The Kier molecular flexibility index (Phi) is 5.95. The molecule has 1 rings (SSSR count). The minimum absolute atomic E-state index is 0.0923. The molecule has 1 amide bonds. The van der Waals surface area contributed by atoms with E-state index in [9.17, 15) is 9.59 Å². The first-order chi connectivity index (χ1) is 8.99. The maximum absolute atomic E-state index is 11.8. The Morgan fingerprint density at radius 1 is 1.37 bits per heavy atom. The van der Waals surface area contributed by atoms with Gasteiger partial charge in [-0.2, -0.15) is 0 Å². The summed E-state index contributed by atoms with van der Waals surface area (Å²) in [7, 11) is 0. The normalized spacial score (nSPS) is 11.4. The van der Waals surface area contributed by atoms with E-state index in [-0.39, 0.29) is 17.5 Å². The number of esters is 1. The van der Waals surface area contributed by atoms with E-state index in [0.717, 1.165) is 5.56 Å². The Balaban J connectivity index is 2.68. The third kappa shape index (κ3) is 5.96. The van der Waals surface area contributed by atoms with Crippen LogP contribution in [-0.4, -0.2) is 29.5 Å². The van der Waals surface area contributed by atoms with Gasteiger partial charge in [0, 0.05) is 13.3 Å². The topological polar surface area (TPSA) is 81.4 Å². The van der Waals surface area contributed by atoms with E-state index in [1.807, 2.05) is 30.3 Å². The van der Waals surface area contributed by atoms with Crippen LogP contribution in [0, 0.1) is 0 Å². The van der Waals surface area contributed by atoms with Crippen LogP contribution in [0.3, 0.4) is 0 Å². The number of amides is 1. The summed E-state index contributed by atoms with van der Waals surface area (Å²) in [6.45, 7) is 1.22. The van der Waals surface area contributed by atoms with Gasteiger partial charge in [-0.3, -0.25) is 4.79 Å². The van der Waals surface area contributed by atoms with Crippen molar-refractivity contribution in [2.24, 2.45) is 5.73 Å². The summed E-state index contributed by atoms with van der Waals surface area (Å²) in [6.07, 6.45) is 0.358. The largest absolute Gasteiger partial charge is 0.457 e. The number of rotatable bonds is 6. The average Bonchev–Trinajstić information content (AvgIpc) is 2.36. The number of thiocarbonyl (C=S) groups is 1. The maximum atomic E-state index is 11.8. The lowest BCUT2D eigenvalue weighted by atomic mass is 10.1. The summed E-state index contributed by atoms with van der Waals surface area (Å²) < 4.78 is 4.92. The van der Waals surface area contributed by atoms with Crippen molar-refractivity contribution in [3.63, 3.8) is 0 Å². The van der Waals surface area contributed by atoms with Gasteiger partial charge in [0.1, 0.15) is 17.6 Å². The van der Waals surface area contributed by atoms with Crippen LogP contribution >= 0.6 is 12.2 Å². The van der Waals surface area contributed by atoms with Gasteiger partial charge in [0.25, 0.3) is 0 Å². The van der Waals surface area contributed by atoms with Crippen LogP contribution in [-0.2, 0) is 20.7 Å². The van der Waals surface area contributed by atoms with Gasteiger partial charge in [-0.25, -0.2) is 4.79 Å². The molecule has 1 aromatic rings. The van der Waals surface area contributed by atoms with E-state index in [1.165, 1.54) is 6.92 Å². The smallest absolute Gasteiger partial charge is 0.329 e. The molecule has 0 aliphatic rings. The van der Waals surface area contributed by atoms with Crippen molar-refractivity contribution >= 4 is 29.1 Å². The summed E-state index contributed by atoms with van der Waals surface area (Å²) in [4.78, 5) is 23.0. The Morgan fingerprint density at radius 3 is 2.53 bits per heavy atom. The molecule has 0 bridgehead atoms. The molecule has 1 aromatic carbocycles. The van der Waals surface area contributed by atoms with Crippen LogP contribution in [0.15, 0.2) is 30.3 Å². The highest BCUT2D eigenvalue weighted by Gasteiger charge is 2.21.